The maximum atomic E-state index is 5.84. The molecule has 5 rings (SSSR count). The summed E-state index contributed by atoms with van der Waals surface area (Å²) in [4.78, 5) is 10.6. The molecule has 0 radical (unpaired) electrons. The van der Waals surface area contributed by atoms with Crippen LogP contribution in [0.4, 0.5) is 5.69 Å². The predicted octanol–water partition coefficient (Wildman–Crippen LogP) is 3.30. The van der Waals surface area contributed by atoms with Gasteiger partial charge in [-0.2, -0.15) is 5.10 Å². The highest BCUT2D eigenvalue weighted by Gasteiger charge is 2.16. The van der Waals surface area contributed by atoms with Crippen LogP contribution in [0.5, 0.6) is 5.75 Å². The third-order valence-electron chi connectivity index (χ3n) is 5.08. The van der Waals surface area contributed by atoms with Crippen LogP contribution in [0, 0.1) is 0 Å². The fourth-order valence-electron chi connectivity index (χ4n) is 3.75. The van der Waals surface area contributed by atoms with Gasteiger partial charge in [0.2, 0.25) is 0 Å². The summed E-state index contributed by atoms with van der Waals surface area (Å²) in [5.74, 6) is 1.60. The molecule has 1 saturated heterocycles. The van der Waals surface area contributed by atoms with E-state index in [-0.39, 0.29) is 6.10 Å². The monoisotopic (exact) mass is 376 g/mol. The molecule has 0 unspecified atom stereocenters. The third kappa shape index (κ3) is 3.07. The predicted molar refractivity (Wildman–Crippen MR) is 112 cm³/mol. The molecule has 7 nitrogen and oxygen atoms in total. The van der Waals surface area contributed by atoms with E-state index < -0.39 is 0 Å². The number of aromatic amines is 2. The molecule has 0 atom stereocenters. The fraction of sp³-hybridized carbons (Fsp3) is 0.333. The first-order valence-electron chi connectivity index (χ1n) is 9.78. The minimum absolute atomic E-state index is 0.127. The van der Waals surface area contributed by atoms with E-state index in [1.165, 1.54) is 5.69 Å². The van der Waals surface area contributed by atoms with E-state index in [0.717, 1.165) is 65.4 Å². The summed E-state index contributed by atoms with van der Waals surface area (Å²) < 4.78 is 5.84. The maximum Gasteiger partial charge on any atom is 0.159 e. The minimum atomic E-state index is 0.127. The molecule has 0 amide bonds. The zero-order chi connectivity index (χ0) is 19.1. The number of ether oxygens (including phenoxy) is 1. The minimum Gasteiger partial charge on any atom is -0.491 e. The number of piperazine rings is 1. The summed E-state index contributed by atoms with van der Waals surface area (Å²) in [6.07, 6.45) is 0.127. The molecule has 144 valence electrons. The van der Waals surface area contributed by atoms with Crippen LogP contribution in [0.15, 0.2) is 36.4 Å². The van der Waals surface area contributed by atoms with Crippen LogP contribution < -0.4 is 15.0 Å². The first-order valence-corrected chi connectivity index (χ1v) is 9.78. The first kappa shape index (κ1) is 17.1. The molecule has 7 heteroatoms. The molecule has 1 aliphatic heterocycles. The van der Waals surface area contributed by atoms with Crippen LogP contribution in [0.25, 0.3) is 33.5 Å². The van der Waals surface area contributed by atoms with Gasteiger partial charge in [0.1, 0.15) is 11.4 Å². The van der Waals surface area contributed by atoms with Gasteiger partial charge in [-0.15, -0.1) is 0 Å². The second-order valence-corrected chi connectivity index (χ2v) is 7.47. The number of rotatable bonds is 4. The van der Waals surface area contributed by atoms with Crippen molar-refractivity contribution in [3.8, 4) is 17.3 Å². The van der Waals surface area contributed by atoms with Crippen LogP contribution in [0.2, 0.25) is 0 Å². The van der Waals surface area contributed by atoms with Crippen molar-refractivity contribution < 1.29 is 4.74 Å². The Morgan fingerprint density at radius 1 is 1.04 bits per heavy atom. The lowest BCUT2D eigenvalue weighted by molar-refractivity contribution is 0.243. The molecule has 0 spiro atoms. The van der Waals surface area contributed by atoms with Gasteiger partial charge in [-0.3, -0.25) is 5.10 Å². The summed E-state index contributed by atoms with van der Waals surface area (Å²) in [5.41, 5.74) is 4.97. The molecule has 0 aliphatic carbocycles. The first-order chi connectivity index (χ1) is 13.7. The average molecular weight is 376 g/mol. The van der Waals surface area contributed by atoms with Gasteiger partial charge in [0.15, 0.2) is 5.82 Å². The highest BCUT2D eigenvalue weighted by molar-refractivity contribution is 5.94. The Morgan fingerprint density at radius 2 is 1.89 bits per heavy atom. The average Bonchev–Trinajstić information content (AvgIpc) is 3.31. The van der Waals surface area contributed by atoms with Crippen LogP contribution in [-0.2, 0) is 0 Å². The van der Waals surface area contributed by atoms with Crippen LogP contribution in [0.1, 0.15) is 13.8 Å². The highest BCUT2D eigenvalue weighted by atomic mass is 16.5. The summed E-state index contributed by atoms with van der Waals surface area (Å²) in [7, 11) is 0. The lowest BCUT2D eigenvalue weighted by Crippen LogP contribution is -2.43. The number of H-pyrrole nitrogens is 2. The van der Waals surface area contributed by atoms with Crippen LogP contribution in [-0.4, -0.2) is 52.4 Å². The zero-order valence-corrected chi connectivity index (χ0v) is 16.1. The second-order valence-electron chi connectivity index (χ2n) is 7.47. The summed E-state index contributed by atoms with van der Waals surface area (Å²) in [5, 5.41) is 12.0. The Bertz CT molecular complexity index is 1120. The molecule has 2 aromatic carbocycles. The lowest BCUT2D eigenvalue weighted by Gasteiger charge is -2.29. The van der Waals surface area contributed by atoms with Gasteiger partial charge in [0.05, 0.1) is 22.7 Å². The smallest absolute Gasteiger partial charge is 0.159 e. The van der Waals surface area contributed by atoms with Gasteiger partial charge >= 0.3 is 0 Å². The van der Waals surface area contributed by atoms with Crippen molar-refractivity contribution in [2.75, 3.05) is 31.1 Å². The number of anilines is 1. The van der Waals surface area contributed by atoms with E-state index in [1.54, 1.807) is 0 Å². The third-order valence-corrected chi connectivity index (χ3v) is 5.08. The molecular formula is C21H24N6O. The largest absolute Gasteiger partial charge is 0.491 e. The number of nitrogens with one attached hydrogen (secondary N) is 3. The molecule has 4 aromatic rings. The van der Waals surface area contributed by atoms with E-state index in [4.69, 9.17) is 9.72 Å². The second kappa shape index (κ2) is 6.83. The Hall–Kier alpha value is -3.06. The molecule has 3 N–H and O–H groups in total. The van der Waals surface area contributed by atoms with Crippen molar-refractivity contribution in [1.29, 1.82) is 0 Å². The van der Waals surface area contributed by atoms with Crippen molar-refractivity contribution in [2.45, 2.75) is 20.0 Å². The van der Waals surface area contributed by atoms with Crippen molar-refractivity contribution in [3.05, 3.63) is 36.4 Å². The summed E-state index contributed by atoms with van der Waals surface area (Å²) in [6, 6.07) is 12.4. The quantitative estimate of drug-likeness (QED) is 0.509. The molecule has 1 aliphatic rings. The molecular weight excluding hydrogens is 352 g/mol. The SMILES string of the molecule is CC(C)Oc1ccc2[nH]nc(-c3nc4ccc(N5CCNCC5)cc4[nH]3)c2c1. The van der Waals surface area contributed by atoms with Gasteiger partial charge in [-0.05, 0) is 50.2 Å². The number of hydrogen-bond donors (Lipinski definition) is 3. The van der Waals surface area contributed by atoms with Crippen LogP contribution >= 0.6 is 0 Å². The topological polar surface area (TPSA) is 81.9 Å². The van der Waals surface area contributed by atoms with Gasteiger partial charge in [0, 0.05) is 37.3 Å². The number of aromatic nitrogens is 4. The summed E-state index contributed by atoms with van der Waals surface area (Å²) in [6.45, 7) is 8.13. The normalized spacial score (nSPS) is 15.0. The summed E-state index contributed by atoms with van der Waals surface area (Å²) >= 11 is 0. The molecule has 0 saturated carbocycles. The van der Waals surface area contributed by atoms with E-state index in [0.29, 0.717) is 0 Å². The Morgan fingerprint density at radius 3 is 2.71 bits per heavy atom. The molecule has 3 heterocycles. The number of nitrogens with zero attached hydrogens (tertiary/aromatic N) is 3. The van der Waals surface area contributed by atoms with E-state index in [2.05, 4.69) is 43.6 Å². The van der Waals surface area contributed by atoms with Crippen molar-refractivity contribution in [3.63, 3.8) is 0 Å². The molecule has 0 bridgehead atoms. The standard InChI is InChI=1S/C21H24N6O/c1-13(2)28-15-4-6-17-16(12-15)20(26-25-17)21-23-18-5-3-14(11-19(18)24-21)27-9-7-22-8-10-27/h3-6,11-13,22H,7-10H2,1-2H3,(H,23,24)(H,25,26). The molecule has 2 aromatic heterocycles. The molecule has 28 heavy (non-hydrogen) atoms. The lowest BCUT2D eigenvalue weighted by atomic mass is 10.2. The Balaban J connectivity index is 1.53. The number of fused-ring (bicyclic) bond motifs is 2. The van der Waals surface area contributed by atoms with Gasteiger partial charge in [-0.25, -0.2) is 4.98 Å². The Kier molecular flexibility index (Phi) is 4.16. The van der Waals surface area contributed by atoms with E-state index >= 15 is 0 Å². The number of imidazole rings is 1. The van der Waals surface area contributed by atoms with Crippen molar-refractivity contribution in [1.82, 2.24) is 25.5 Å². The van der Waals surface area contributed by atoms with Crippen molar-refractivity contribution in [2.24, 2.45) is 0 Å². The van der Waals surface area contributed by atoms with Crippen molar-refractivity contribution >= 4 is 27.6 Å². The van der Waals surface area contributed by atoms with Crippen LogP contribution in [0.3, 0.4) is 0 Å². The number of benzene rings is 2. The van der Waals surface area contributed by atoms with E-state index in [1.807, 2.05) is 32.0 Å². The number of hydrogen-bond acceptors (Lipinski definition) is 5. The van der Waals surface area contributed by atoms with Gasteiger partial charge < -0.3 is 19.9 Å². The fourth-order valence-corrected chi connectivity index (χ4v) is 3.75. The molecule has 1 fully saturated rings. The maximum absolute atomic E-state index is 5.84. The Labute approximate surface area is 163 Å². The van der Waals surface area contributed by atoms with E-state index in [9.17, 15) is 0 Å². The van der Waals surface area contributed by atoms with Gasteiger partial charge in [-0.1, -0.05) is 0 Å². The zero-order valence-electron chi connectivity index (χ0n) is 16.1. The highest BCUT2D eigenvalue weighted by Crippen LogP contribution is 2.30. The van der Waals surface area contributed by atoms with Gasteiger partial charge in [0.25, 0.3) is 0 Å².